The predicted octanol–water partition coefficient (Wildman–Crippen LogP) is 5.40. The molecule has 7 nitrogen and oxygen atoms in total. The maximum atomic E-state index is 13.5. The lowest BCUT2D eigenvalue weighted by Crippen LogP contribution is -2.47. The number of nitrogens with zero attached hydrogens (tertiary/aromatic N) is 4. The van der Waals surface area contributed by atoms with Crippen molar-refractivity contribution in [1.82, 2.24) is 9.97 Å². The van der Waals surface area contributed by atoms with Gasteiger partial charge in [-0.25, -0.2) is 14.8 Å². The largest absolute Gasteiger partial charge is 0.393 e. The van der Waals surface area contributed by atoms with Gasteiger partial charge in [0.2, 0.25) is 0 Å². The fourth-order valence-corrected chi connectivity index (χ4v) is 5.50. The number of carbonyl (C=O) groups is 1. The van der Waals surface area contributed by atoms with E-state index in [9.17, 15) is 18.0 Å². The Morgan fingerprint density at radius 3 is 2.79 bits per heavy atom. The quantitative estimate of drug-likeness (QED) is 0.602. The minimum absolute atomic E-state index is 0.113. The van der Waals surface area contributed by atoms with Crippen LogP contribution in [-0.2, 0) is 0 Å². The number of hydrogen-bond acceptors (Lipinski definition) is 6. The molecule has 1 aliphatic carbocycles. The van der Waals surface area contributed by atoms with Gasteiger partial charge in [0.15, 0.2) is 10.9 Å². The number of nitrogens with one attached hydrogen (secondary N) is 2. The number of aromatic nitrogens is 2. The van der Waals surface area contributed by atoms with Gasteiger partial charge in [-0.3, -0.25) is 10.2 Å². The molecule has 4 heterocycles. The van der Waals surface area contributed by atoms with E-state index in [4.69, 9.17) is 4.98 Å². The molecule has 11 heteroatoms. The zero-order valence-corrected chi connectivity index (χ0v) is 19.2. The fourth-order valence-electron chi connectivity index (χ4n) is 4.84. The highest BCUT2D eigenvalue weighted by Crippen LogP contribution is 2.50. The first-order valence-electron chi connectivity index (χ1n) is 11.4. The van der Waals surface area contributed by atoms with Crippen molar-refractivity contribution in [3.8, 4) is 0 Å². The molecule has 1 saturated heterocycles. The number of piperidine rings is 1. The molecule has 0 radical (unpaired) electrons. The molecule has 2 aliphatic heterocycles. The van der Waals surface area contributed by atoms with Crippen molar-refractivity contribution in [1.29, 1.82) is 0 Å². The highest BCUT2D eigenvalue weighted by atomic mass is 32.1. The Morgan fingerprint density at radius 2 is 2.09 bits per heavy atom. The third-order valence-electron chi connectivity index (χ3n) is 6.75. The molecule has 0 aromatic carbocycles. The van der Waals surface area contributed by atoms with Gasteiger partial charge in [-0.1, -0.05) is 0 Å². The zero-order chi connectivity index (χ0) is 23.2. The Labute approximate surface area is 194 Å². The Hall–Kier alpha value is -2.56. The predicted molar refractivity (Wildman–Crippen MR) is 123 cm³/mol. The van der Waals surface area contributed by atoms with Crippen LogP contribution in [-0.4, -0.2) is 47.3 Å². The molecule has 1 unspecified atom stereocenters. The molecule has 2 amide bonds. The van der Waals surface area contributed by atoms with Crippen LogP contribution in [0.15, 0.2) is 18.3 Å². The van der Waals surface area contributed by atoms with Crippen LogP contribution in [0.4, 0.5) is 40.4 Å². The fraction of sp³-hybridized carbons (Fsp3) is 0.591. The first-order valence-corrected chi connectivity index (χ1v) is 12.2. The van der Waals surface area contributed by atoms with E-state index in [-0.39, 0.29) is 24.5 Å². The summed E-state index contributed by atoms with van der Waals surface area (Å²) >= 11 is 1.40. The summed E-state index contributed by atoms with van der Waals surface area (Å²) in [6.07, 6.45) is 1.59. The Kier molecular flexibility index (Phi) is 5.62. The molecule has 1 saturated carbocycles. The number of urea groups is 1. The first-order chi connectivity index (χ1) is 15.7. The van der Waals surface area contributed by atoms with Gasteiger partial charge in [-0.05, 0) is 57.6 Å². The van der Waals surface area contributed by atoms with E-state index in [0.29, 0.717) is 29.7 Å². The molecule has 178 valence electrons. The summed E-state index contributed by atoms with van der Waals surface area (Å²) in [6, 6.07) is 3.29. The summed E-state index contributed by atoms with van der Waals surface area (Å²) in [4.78, 5) is 26.9. The van der Waals surface area contributed by atoms with Crippen molar-refractivity contribution in [2.45, 2.75) is 57.2 Å². The van der Waals surface area contributed by atoms with Crippen molar-refractivity contribution in [3.63, 3.8) is 0 Å². The molecule has 0 bridgehead atoms. The average molecular weight is 481 g/mol. The molecule has 2 aromatic rings. The number of rotatable bonds is 2. The van der Waals surface area contributed by atoms with Crippen LogP contribution < -0.4 is 20.4 Å². The SMILES string of the molecule is Cc1cnc(NC(=O)N2c3nc(N4CCCC(C(F)(F)F)C4)ccc3NCCCC23CC3)s1. The molecule has 3 aliphatic rings. The number of hydrogen-bond donors (Lipinski definition) is 2. The van der Waals surface area contributed by atoms with E-state index in [1.807, 2.05) is 13.0 Å². The monoisotopic (exact) mass is 480 g/mol. The maximum Gasteiger partial charge on any atom is 0.393 e. The van der Waals surface area contributed by atoms with Crippen molar-refractivity contribution in [2.75, 3.05) is 40.1 Å². The van der Waals surface area contributed by atoms with Gasteiger partial charge < -0.3 is 10.2 Å². The molecule has 1 spiro atoms. The van der Waals surface area contributed by atoms with Crippen molar-refractivity contribution >= 4 is 39.8 Å². The Balaban J connectivity index is 1.49. The average Bonchev–Trinajstić information content (AvgIpc) is 3.44. The van der Waals surface area contributed by atoms with Crippen LogP contribution >= 0.6 is 11.3 Å². The lowest BCUT2D eigenvalue weighted by atomic mass is 9.97. The molecule has 2 N–H and O–H groups in total. The van der Waals surface area contributed by atoms with Gasteiger partial charge in [-0.2, -0.15) is 13.2 Å². The summed E-state index contributed by atoms with van der Waals surface area (Å²) in [6.45, 7) is 3.09. The van der Waals surface area contributed by atoms with Crippen LogP contribution in [0.5, 0.6) is 0 Å². The van der Waals surface area contributed by atoms with E-state index in [2.05, 4.69) is 15.6 Å². The summed E-state index contributed by atoms with van der Waals surface area (Å²) in [7, 11) is 0. The van der Waals surface area contributed by atoms with E-state index >= 15 is 0 Å². The number of fused-ring (bicyclic) bond motifs is 1. The smallest absolute Gasteiger partial charge is 0.382 e. The molecular formula is C22H27F3N6OS. The second kappa shape index (κ2) is 8.34. The number of carbonyl (C=O) groups excluding carboxylic acids is 1. The highest BCUT2D eigenvalue weighted by molar-refractivity contribution is 7.15. The number of aryl methyl sites for hydroxylation is 1. The molecule has 1 atom stereocenters. The number of thiazole rings is 1. The third-order valence-corrected chi connectivity index (χ3v) is 7.58. The van der Waals surface area contributed by atoms with Crippen LogP contribution in [0.25, 0.3) is 0 Å². The lowest BCUT2D eigenvalue weighted by molar-refractivity contribution is -0.176. The summed E-state index contributed by atoms with van der Waals surface area (Å²) in [5.74, 6) is -0.413. The van der Waals surface area contributed by atoms with Crippen LogP contribution in [0, 0.1) is 12.8 Å². The van der Waals surface area contributed by atoms with E-state index in [0.717, 1.165) is 42.8 Å². The summed E-state index contributed by atoms with van der Waals surface area (Å²) in [5, 5.41) is 6.78. The van der Waals surface area contributed by atoms with Gasteiger partial charge in [0.1, 0.15) is 5.82 Å². The van der Waals surface area contributed by atoms with Gasteiger partial charge in [0.25, 0.3) is 0 Å². The third kappa shape index (κ3) is 4.47. The van der Waals surface area contributed by atoms with E-state index < -0.39 is 12.1 Å². The van der Waals surface area contributed by atoms with Gasteiger partial charge in [0.05, 0.1) is 17.1 Å². The minimum atomic E-state index is -4.22. The number of pyridine rings is 1. The topological polar surface area (TPSA) is 73.4 Å². The molecule has 5 rings (SSSR count). The molecule has 33 heavy (non-hydrogen) atoms. The van der Waals surface area contributed by atoms with Crippen LogP contribution in [0.2, 0.25) is 0 Å². The van der Waals surface area contributed by atoms with Crippen LogP contribution in [0.3, 0.4) is 0 Å². The standard InChI is InChI=1S/C22H27F3N6OS/c1-14-12-27-19(33-14)29-20(32)31-18-16(26-10-3-7-21(31)8-9-21)5-6-17(28-18)30-11-2-4-15(13-30)22(23,24)25/h5-6,12,15,26H,2-4,7-11,13H2,1H3,(H,27,29,32). The van der Waals surface area contributed by atoms with Crippen molar-refractivity contribution < 1.29 is 18.0 Å². The van der Waals surface area contributed by atoms with Gasteiger partial charge in [-0.15, -0.1) is 11.3 Å². The van der Waals surface area contributed by atoms with Gasteiger partial charge in [0, 0.05) is 30.7 Å². The number of alkyl halides is 3. The Bertz CT molecular complexity index is 1040. The van der Waals surface area contributed by atoms with Crippen LogP contribution in [0.1, 0.15) is 43.4 Å². The van der Waals surface area contributed by atoms with Crippen molar-refractivity contribution in [2.24, 2.45) is 5.92 Å². The number of amides is 2. The molecule has 2 aromatic heterocycles. The minimum Gasteiger partial charge on any atom is -0.382 e. The summed E-state index contributed by atoms with van der Waals surface area (Å²) in [5.41, 5.74) is 0.412. The summed E-state index contributed by atoms with van der Waals surface area (Å²) < 4.78 is 40.1. The maximum absolute atomic E-state index is 13.5. The zero-order valence-electron chi connectivity index (χ0n) is 18.4. The second-order valence-corrected chi connectivity index (χ2v) is 10.4. The van der Waals surface area contributed by atoms with Crippen molar-refractivity contribution in [3.05, 3.63) is 23.2 Å². The number of anilines is 4. The molecule has 2 fully saturated rings. The first kappa shape index (κ1) is 22.2. The number of halogens is 3. The van der Waals surface area contributed by atoms with Gasteiger partial charge >= 0.3 is 12.2 Å². The normalized spacial score (nSPS) is 22.2. The highest BCUT2D eigenvalue weighted by Gasteiger charge is 2.52. The second-order valence-electron chi connectivity index (χ2n) is 9.16. The molecular weight excluding hydrogens is 453 g/mol. The van der Waals surface area contributed by atoms with E-state index in [1.165, 1.54) is 11.3 Å². The lowest BCUT2D eigenvalue weighted by Gasteiger charge is -2.37. The van der Waals surface area contributed by atoms with E-state index in [1.54, 1.807) is 22.1 Å². The Morgan fingerprint density at radius 1 is 1.27 bits per heavy atom.